The highest BCUT2D eigenvalue weighted by Gasteiger charge is 2.05. The summed E-state index contributed by atoms with van der Waals surface area (Å²) in [5.41, 5.74) is 6.17. The predicted octanol–water partition coefficient (Wildman–Crippen LogP) is 1.05. The molecule has 74 valence electrons. The van der Waals surface area contributed by atoms with Crippen LogP contribution in [0.2, 0.25) is 5.02 Å². The molecule has 2 rings (SSSR count). The number of hydrogen-bond acceptors (Lipinski definition) is 2. The van der Waals surface area contributed by atoms with E-state index >= 15 is 0 Å². The number of carbonyl (C=O) groups is 1. The zero-order chi connectivity index (χ0) is 10.8. The molecule has 0 aromatic carbocycles. The molecule has 0 fully saturated rings. The standard InChI is InChI=1S/C10H6ClN3O/c11-7-3-4-13-10-9(7)6(5-14-10)1-2-8(12)15/h3-5H,(H2,12,15)(H,13,14). The summed E-state index contributed by atoms with van der Waals surface area (Å²) in [5, 5.41) is 1.24. The average molecular weight is 220 g/mol. The Labute approximate surface area is 90.4 Å². The van der Waals surface area contributed by atoms with E-state index in [1.807, 2.05) is 0 Å². The number of aromatic nitrogens is 2. The minimum absolute atomic E-state index is 0.537. The van der Waals surface area contributed by atoms with Crippen molar-refractivity contribution in [1.82, 2.24) is 9.97 Å². The molecule has 0 atom stereocenters. The van der Waals surface area contributed by atoms with Crippen molar-refractivity contribution < 1.29 is 4.79 Å². The highest BCUT2D eigenvalue weighted by molar-refractivity contribution is 6.35. The average Bonchev–Trinajstić information content (AvgIpc) is 2.59. The molecule has 4 nitrogen and oxygen atoms in total. The highest BCUT2D eigenvalue weighted by Crippen LogP contribution is 2.23. The van der Waals surface area contributed by atoms with E-state index in [9.17, 15) is 4.79 Å². The van der Waals surface area contributed by atoms with Crippen LogP contribution in [0.15, 0.2) is 18.5 Å². The number of hydrogen-bond donors (Lipinski definition) is 2. The Morgan fingerprint density at radius 1 is 1.60 bits per heavy atom. The zero-order valence-electron chi connectivity index (χ0n) is 7.54. The Kier molecular flexibility index (Phi) is 2.32. The van der Waals surface area contributed by atoms with E-state index in [4.69, 9.17) is 17.3 Å². The maximum atomic E-state index is 10.5. The van der Waals surface area contributed by atoms with Crippen molar-refractivity contribution in [3.05, 3.63) is 29.0 Å². The van der Waals surface area contributed by atoms with Crippen LogP contribution in [-0.2, 0) is 4.79 Å². The number of nitrogens with one attached hydrogen (secondary N) is 1. The van der Waals surface area contributed by atoms with Gasteiger partial charge in [-0.3, -0.25) is 4.79 Å². The van der Waals surface area contributed by atoms with Gasteiger partial charge in [0.15, 0.2) is 0 Å². The number of aromatic amines is 1. The van der Waals surface area contributed by atoms with Crippen molar-refractivity contribution in [1.29, 1.82) is 0 Å². The third-order valence-corrected chi connectivity index (χ3v) is 2.16. The van der Waals surface area contributed by atoms with Gasteiger partial charge in [0.2, 0.25) is 0 Å². The van der Waals surface area contributed by atoms with E-state index in [-0.39, 0.29) is 0 Å². The topological polar surface area (TPSA) is 71.8 Å². The molecule has 2 aromatic rings. The number of nitrogens with zero attached hydrogens (tertiary/aromatic N) is 1. The summed E-state index contributed by atoms with van der Waals surface area (Å²) < 4.78 is 0. The summed E-state index contributed by atoms with van der Waals surface area (Å²) in [4.78, 5) is 17.5. The lowest BCUT2D eigenvalue weighted by Crippen LogP contribution is -2.06. The molecule has 2 aromatic heterocycles. The smallest absolute Gasteiger partial charge is 0.293 e. The van der Waals surface area contributed by atoms with Gasteiger partial charge in [-0.15, -0.1) is 0 Å². The summed E-state index contributed by atoms with van der Waals surface area (Å²) in [6.07, 6.45) is 3.23. The van der Waals surface area contributed by atoms with Crippen molar-refractivity contribution in [2.24, 2.45) is 5.73 Å². The van der Waals surface area contributed by atoms with E-state index in [0.717, 1.165) is 0 Å². The number of fused-ring (bicyclic) bond motifs is 1. The monoisotopic (exact) mass is 219 g/mol. The Morgan fingerprint density at radius 2 is 2.40 bits per heavy atom. The summed E-state index contributed by atoms with van der Waals surface area (Å²) in [6, 6.07) is 1.66. The Balaban J connectivity index is 2.64. The number of rotatable bonds is 0. The summed E-state index contributed by atoms with van der Waals surface area (Å²) in [7, 11) is 0. The molecule has 3 N–H and O–H groups in total. The van der Waals surface area contributed by atoms with Crippen LogP contribution >= 0.6 is 11.6 Å². The molecule has 2 heterocycles. The molecular weight excluding hydrogens is 214 g/mol. The molecule has 0 unspecified atom stereocenters. The molecule has 15 heavy (non-hydrogen) atoms. The first kappa shape index (κ1) is 9.56. The fourth-order valence-electron chi connectivity index (χ4n) is 1.24. The van der Waals surface area contributed by atoms with Crippen LogP contribution in [0.4, 0.5) is 0 Å². The molecule has 0 saturated carbocycles. The van der Waals surface area contributed by atoms with Gasteiger partial charge < -0.3 is 10.7 Å². The van der Waals surface area contributed by atoms with E-state index in [1.54, 1.807) is 18.5 Å². The lowest BCUT2D eigenvalue weighted by atomic mass is 10.2. The number of primary amides is 1. The lowest BCUT2D eigenvalue weighted by Gasteiger charge is -1.92. The van der Waals surface area contributed by atoms with E-state index in [1.165, 1.54) is 0 Å². The van der Waals surface area contributed by atoms with Crippen molar-refractivity contribution in [2.45, 2.75) is 0 Å². The molecule has 0 aliphatic rings. The first-order chi connectivity index (χ1) is 7.18. The number of halogens is 1. The van der Waals surface area contributed by atoms with Gasteiger partial charge in [-0.2, -0.15) is 0 Å². The van der Waals surface area contributed by atoms with Gasteiger partial charge in [-0.1, -0.05) is 17.5 Å². The number of amides is 1. The Hall–Kier alpha value is -1.99. The van der Waals surface area contributed by atoms with Gasteiger partial charge in [-0.25, -0.2) is 4.98 Å². The van der Waals surface area contributed by atoms with Crippen molar-refractivity contribution in [2.75, 3.05) is 0 Å². The second-order valence-electron chi connectivity index (χ2n) is 2.83. The van der Waals surface area contributed by atoms with Crippen LogP contribution in [0, 0.1) is 11.8 Å². The molecule has 0 aliphatic carbocycles. The van der Waals surface area contributed by atoms with E-state index < -0.39 is 5.91 Å². The Morgan fingerprint density at radius 3 is 3.13 bits per heavy atom. The fraction of sp³-hybridized carbons (Fsp3) is 0. The van der Waals surface area contributed by atoms with Crippen LogP contribution < -0.4 is 5.73 Å². The fourth-order valence-corrected chi connectivity index (χ4v) is 1.49. The predicted molar refractivity (Wildman–Crippen MR) is 57.2 cm³/mol. The first-order valence-corrected chi connectivity index (χ1v) is 4.49. The minimum atomic E-state index is -0.677. The maximum absolute atomic E-state index is 10.5. The normalized spacial score (nSPS) is 9.67. The number of nitrogens with two attached hydrogens (primary N) is 1. The van der Waals surface area contributed by atoms with Crippen LogP contribution in [0.1, 0.15) is 5.56 Å². The van der Waals surface area contributed by atoms with Crippen LogP contribution in [0.3, 0.4) is 0 Å². The minimum Gasteiger partial charge on any atom is -0.359 e. The third-order valence-electron chi connectivity index (χ3n) is 1.84. The van der Waals surface area contributed by atoms with Crippen LogP contribution in [0.5, 0.6) is 0 Å². The van der Waals surface area contributed by atoms with Crippen molar-refractivity contribution >= 4 is 28.5 Å². The molecule has 5 heteroatoms. The molecule has 1 amide bonds. The molecule has 0 bridgehead atoms. The van der Waals surface area contributed by atoms with Crippen LogP contribution in [-0.4, -0.2) is 15.9 Å². The largest absolute Gasteiger partial charge is 0.359 e. The van der Waals surface area contributed by atoms with Crippen molar-refractivity contribution in [3.63, 3.8) is 0 Å². The van der Waals surface area contributed by atoms with Gasteiger partial charge in [0.05, 0.1) is 16.0 Å². The highest BCUT2D eigenvalue weighted by atomic mass is 35.5. The molecule has 0 spiro atoms. The maximum Gasteiger partial charge on any atom is 0.293 e. The summed E-state index contributed by atoms with van der Waals surface area (Å²) >= 11 is 5.97. The van der Waals surface area contributed by atoms with Gasteiger partial charge in [0, 0.05) is 18.3 Å². The zero-order valence-corrected chi connectivity index (χ0v) is 8.30. The summed E-state index contributed by atoms with van der Waals surface area (Å²) in [6.45, 7) is 0. The van der Waals surface area contributed by atoms with Gasteiger partial charge in [0.25, 0.3) is 5.91 Å². The third kappa shape index (κ3) is 1.78. The molecule has 0 radical (unpaired) electrons. The van der Waals surface area contributed by atoms with Crippen molar-refractivity contribution in [3.8, 4) is 11.8 Å². The lowest BCUT2D eigenvalue weighted by molar-refractivity contribution is -0.112. The van der Waals surface area contributed by atoms with E-state index in [2.05, 4.69) is 21.8 Å². The first-order valence-electron chi connectivity index (χ1n) is 4.11. The second-order valence-corrected chi connectivity index (χ2v) is 3.24. The van der Waals surface area contributed by atoms with Gasteiger partial charge in [0.1, 0.15) is 5.65 Å². The second kappa shape index (κ2) is 3.64. The van der Waals surface area contributed by atoms with Gasteiger partial charge >= 0.3 is 0 Å². The van der Waals surface area contributed by atoms with Crippen LogP contribution in [0.25, 0.3) is 11.0 Å². The molecule has 0 saturated heterocycles. The number of H-pyrrole nitrogens is 1. The molecular formula is C10H6ClN3O. The number of pyridine rings is 1. The molecule has 0 aliphatic heterocycles. The van der Waals surface area contributed by atoms with E-state index in [0.29, 0.717) is 21.6 Å². The SMILES string of the molecule is NC(=O)C#Cc1c[nH]c2nccc(Cl)c12. The quantitative estimate of drug-likeness (QED) is 0.651. The Bertz CT molecular complexity index is 591. The van der Waals surface area contributed by atoms with Gasteiger partial charge in [-0.05, 0) is 6.07 Å². The number of carbonyl (C=O) groups excluding carboxylic acids is 1. The summed E-state index contributed by atoms with van der Waals surface area (Å²) in [5.74, 6) is 4.20.